The topological polar surface area (TPSA) is 94.8 Å². The molecule has 0 atom stereocenters. The maximum atomic E-state index is 12.7. The Bertz CT molecular complexity index is 1100. The van der Waals surface area contributed by atoms with Crippen LogP contribution in [0, 0.1) is 6.92 Å². The van der Waals surface area contributed by atoms with Crippen LogP contribution in [0.25, 0.3) is 5.69 Å². The first-order chi connectivity index (χ1) is 14.2. The van der Waals surface area contributed by atoms with E-state index in [4.69, 9.17) is 4.74 Å². The summed E-state index contributed by atoms with van der Waals surface area (Å²) in [6.45, 7) is 2.26. The third-order valence-electron chi connectivity index (χ3n) is 4.33. The zero-order chi connectivity index (χ0) is 20.1. The van der Waals surface area contributed by atoms with Crippen LogP contribution in [-0.4, -0.2) is 31.1 Å². The Labute approximate surface area is 167 Å². The number of rotatable bonds is 6. The van der Waals surface area contributed by atoms with E-state index in [-0.39, 0.29) is 5.91 Å². The monoisotopic (exact) mass is 386 g/mol. The van der Waals surface area contributed by atoms with Gasteiger partial charge in [-0.3, -0.25) is 9.78 Å². The molecule has 0 radical (unpaired) electrons. The van der Waals surface area contributed by atoms with Gasteiger partial charge in [0.2, 0.25) is 0 Å². The van der Waals surface area contributed by atoms with E-state index in [1.807, 2.05) is 49.4 Å². The van der Waals surface area contributed by atoms with Crippen LogP contribution in [-0.2, 0) is 6.61 Å². The van der Waals surface area contributed by atoms with Gasteiger partial charge in [-0.2, -0.15) is 4.68 Å². The van der Waals surface area contributed by atoms with Crippen molar-refractivity contribution in [2.75, 3.05) is 5.32 Å². The molecule has 0 aliphatic rings. The summed E-state index contributed by atoms with van der Waals surface area (Å²) >= 11 is 0. The zero-order valence-electron chi connectivity index (χ0n) is 15.7. The van der Waals surface area contributed by atoms with Crippen molar-refractivity contribution in [1.29, 1.82) is 0 Å². The number of benzene rings is 2. The van der Waals surface area contributed by atoms with E-state index in [0.29, 0.717) is 29.3 Å². The fraction of sp³-hybridized carbons (Fsp3) is 0.0952. The van der Waals surface area contributed by atoms with E-state index in [2.05, 4.69) is 25.8 Å². The van der Waals surface area contributed by atoms with Crippen LogP contribution in [0.1, 0.15) is 21.5 Å². The van der Waals surface area contributed by atoms with Gasteiger partial charge in [0.25, 0.3) is 5.91 Å². The normalized spacial score (nSPS) is 10.5. The predicted molar refractivity (Wildman–Crippen MR) is 107 cm³/mol. The molecular formula is C21H18N6O2. The lowest BCUT2D eigenvalue weighted by Gasteiger charge is -2.18. The van der Waals surface area contributed by atoms with Gasteiger partial charge in [-0.25, -0.2) is 0 Å². The van der Waals surface area contributed by atoms with E-state index < -0.39 is 0 Å². The van der Waals surface area contributed by atoms with Gasteiger partial charge in [0.1, 0.15) is 18.6 Å². The Morgan fingerprint density at radius 1 is 1.07 bits per heavy atom. The van der Waals surface area contributed by atoms with Gasteiger partial charge in [-0.15, -0.1) is 5.10 Å². The van der Waals surface area contributed by atoms with Crippen LogP contribution in [0.4, 0.5) is 5.69 Å². The SMILES string of the molecule is Cc1ccc(NC(=O)c2ccncc2)c(OCc2ccccc2)c1-n1cnnn1. The minimum absolute atomic E-state index is 0.261. The Balaban J connectivity index is 1.72. The van der Waals surface area contributed by atoms with E-state index in [1.165, 1.54) is 11.0 Å². The van der Waals surface area contributed by atoms with E-state index in [1.54, 1.807) is 24.5 Å². The molecule has 144 valence electrons. The molecule has 29 heavy (non-hydrogen) atoms. The van der Waals surface area contributed by atoms with Crippen LogP contribution in [0.2, 0.25) is 0 Å². The number of ether oxygens (including phenoxy) is 1. The molecule has 0 spiro atoms. The first kappa shape index (κ1) is 18.3. The average Bonchev–Trinajstić information content (AvgIpc) is 3.29. The molecule has 8 nitrogen and oxygen atoms in total. The maximum Gasteiger partial charge on any atom is 0.255 e. The molecule has 2 aromatic carbocycles. The lowest BCUT2D eigenvalue weighted by Crippen LogP contribution is -2.14. The number of amides is 1. The van der Waals surface area contributed by atoms with Crippen LogP contribution in [0.3, 0.4) is 0 Å². The number of aryl methyl sites for hydroxylation is 1. The number of carbonyl (C=O) groups is 1. The third-order valence-corrected chi connectivity index (χ3v) is 4.33. The minimum atomic E-state index is -0.261. The van der Waals surface area contributed by atoms with Gasteiger partial charge in [-0.1, -0.05) is 36.4 Å². The van der Waals surface area contributed by atoms with Gasteiger partial charge in [0.15, 0.2) is 5.75 Å². The molecule has 0 saturated heterocycles. The number of hydrogen-bond donors (Lipinski definition) is 1. The summed E-state index contributed by atoms with van der Waals surface area (Å²) in [5, 5.41) is 14.4. The molecule has 2 aromatic heterocycles. The van der Waals surface area contributed by atoms with Crippen LogP contribution in [0.15, 0.2) is 73.3 Å². The molecule has 0 bridgehead atoms. The van der Waals surface area contributed by atoms with Gasteiger partial charge in [-0.05, 0) is 46.7 Å². The van der Waals surface area contributed by atoms with Crippen LogP contribution >= 0.6 is 0 Å². The molecule has 4 aromatic rings. The second-order valence-electron chi connectivity index (χ2n) is 6.33. The summed E-state index contributed by atoms with van der Waals surface area (Å²) in [6, 6.07) is 16.8. The summed E-state index contributed by atoms with van der Waals surface area (Å²) in [5.41, 5.74) is 3.60. The first-order valence-corrected chi connectivity index (χ1v) is 8.97. The molecule has 0 aliphatic carbocycles. The molecule has 8 heteroatoms. The second-order valence-corrected chi connectivity index (χ2v) is 6.33. The molecule has 4 rings (SSSR count). The molecular weight excluding hydrogens is 368 g/mol. The number of nitrogens with one attached hydrogen (secondary N) is 1. The Kier molecular flexibility index (Phi) is 5.24. The Morgan fingerprint density at radius 2 is 1.86 bits per heavy atom. The molecule has 0 unspecified atom stereocenters. The molecule has 0 fully saturated rings. The summed E-state index contributed by atoms with van der Waals surface area (Å²) in [7, 11) is 0. The van der Waals surface area contributed by atoms with Crippen molar-refractivity contribution in [3.05, 3.63) is 90.0 Å². The third kappa shape index (κ3) is 4.11. The minimum Gasteiger partial charge on any atom is -0.484 e. The zero-order valence-corrected chi connectivity index (χ0v) is 15.7. The summed E-state index contributed by atoms with van der Waals surface area (Å²) in [4.78, 5) is 16.6. The van der Waals surface area contributed by atoms with Crippen molar-refractivity contribution >= 4 is 11.6 Å². The quantitative estimate of drug-likeness (QED) is 0.547. The number of tetrazole rings is 1. The molecule has 0 saturated carbocycles. The van der Waals surface area contributed by atoms with E-state index in [9.17, 15) is 4.79 Å². The number of carbonyl (C=O) groups excluding carboxylic acids is 1. The molecule has 2 heterocycles. The highest BCUT2D eigenvalue weighted by Crippen LogP contribution is 2.35. The van der Waals surface area contributed by atoms with Gasteiger partial charge < -0.3 is 10.1 Å². The molecule has 1 N–H and O–H groups in total. The Hall–Kier alpha value is -4.07. The van der Waals surface area contributed by atoms with Crippen molar-refractivity contribution in [1.82, 2.24) is 25.2 Å². The van der Waals surface area contributed by atoms with Gasteiger partial charge >= 0.3 is 0 Å². The maximum absolute atomic E-state index is 12.7. The van der Waals surface area contributed by atoms with Crippen molar-refractivity contribution in [3.63, 3.8) is 0 Å². The fourth-order valence-electron chi connectivity index (χ4n) is 2.89. The average molecular weight is 386 g/mol. The van der Waals surface area contributed by atoms with Crippen molar-refractivity contribution in [3.8, 4) is 11.4 Å². The highest BCUT2D eigenvalue weighted by molar-refractivity contribution is 6.05. The summed E-state index contributed by atoms with van der Waals surface area (Å²) < 4.78 is 7.68. The van der Waals surface area contributed by atoms with E-state index in [0.717, 1.165) is 11.1 Å². The lowest BCUT2D eigenvalue weighted by atomic mass is 10.1. The highest BCUT2D eigenvalue weighted by atomic mass is 16.5. The molecule has 0 aliphatic heterocycles. The Morgan fingerprint density at radius 3 is 2.59 bits per heavy atom. The predicted octanol–water partition coefficient (Wildman–Crippen LogP) is 3.20. The highest BCUT2D eigenvalue weighted by Gasteiger charge is 2.18. The van der Waals surface area contributed by atoms with Crippen molar-refractivity contribution in [2.45, 2.75) is 13.5 Å². The van der Waals surface area contributed by atoms with E-state index >= 15 is 0 Å². The number of pyridine rings is 1. The molecule has 1 amide bonds. The summed E-state index contributed by atoms with van der Waals surface area (Å²) in [6.07, 6.45) is 4.64. The summed E-state index contributed by atoms with van der Waals surface area (Å²) in [5.74, 6) is 0.229. The smallest absolute Gasteiger partial charge is 0.255 e. The number of aromatic nitrogens is 5. The standard InChI is InChI=1S/C21H18N6O2/c1-15-7-8-18(24-21(28)17-9-11-22-12-10-17)20(19(15)27-14-23-25-26-27)29-13-16-5-3-2-4-6-16/h2-12,14H,13H2,1H3,(H,24,28). The fourth-order valence-corrected chi connectivity index (χ4v) is 2.89. The van der Waals surface area contributed by atoms with Crippen molar-refractivity contribution in [2.24, 2.45) is 0 Å². The van der Waals surface area contributed by atoms with Crippen LogP contribution in [0.5, 0.6) is 5.75 Å². The number of hydrogen-bond acceptors (Lipinski definition) is 6. The second kappa shape index (κ2) is 8.30. The van der Waals surface area contributed by atoms with Gasteiger partial charge in [0.05, 0.1) is 5.69 Å². The lowest BCUT2D eigenvalue weighted by molar-refractivity contribution is 0.102. The number of anilines is 1. The largest absolute Gasteiger partial charge is 0.484 e. The van der Waals surface area contributed by atoms with Crippen molar-refractivity contribution < 1.29 is 9.53 Å². The van der Waals surface area contributed by atoms with Crippen LogP contribution < -0.4 is 10.1 Å². The number of nitrogens with zero attached hydrogens (tertiary/aromatic N) is 5. The first-order valence-electron chi connectivity index (χ1n) is 8.97. The van der Waals surface area contributed by atoms with Gasteiger partial charge in [0, 0.05) is 18.0 Å².